The Bertz CT molecular complexity index is 561. The van der Waals surface area contributed by atoms with Gasteiger partial charge >= 0.3 is 0 Å². The Morgan fingerprint density at radius 2 is 1.82 bits per heavy atom. The lowest BCUT2D eigenvalue weighted by atomic mass is 10.1. The summed E-state index contributed by atoms with van der Waals surface area (Å²) in [5, 5.41) is 0. The van der Waals surface area contributed by atoms with Crippen molar-refractivity contribution in [2.45, 2.75) is 0 Å². The Kier molecular flexibility index (Phi) is 2.29. The number of ketones is 1. The molecular formula is C14H10O3. The third-order valence-electron chi connectivity index (χ3n) is 2.59. The lowest BCUT2D eigenvalue weighted by Crippen LogP contribution is -1.98. The van der Waals surface area contributed by atoms with Crippen LogP contribution in [0.4, 0.5) is 0 Å². The molecule has 0 unspecified atom stereocenters. The predicted molar refractivity (Wildman–Crippen MR) is 62.8 cm³/mol. The molecule has 1 heterocycles. The SMILES string of the molecule is O=C1COc2ccc(Oc3ccccc3)cc21. The molecule has 0 fully saturated rings. The fourth-order valence-electron chi connectivity index (χ4n) is 1.76. The zero-order valence-corrected chi connectivity index (χ0v) is 9.05. The van der Waals surface area contributed by atoms with E-state index in [2.05, 4.69) is 0 Å². The molecule has 0 atom stereocenters. The van der Waals surface area contributed by atoms with Crippen LogP contribution in [0.1, 0.15) is 10.4 Å². The smallest absolute Gasteiger partial charge is 0.204 e. The van der Waals surface area contributed by atoms with Gasteiger partial charge in [0.2, 0.25) is 5.78 Å². The van der Waals surface area contributed by atoms with Gasteiger partial charge in [0.1, 0.15) is 17.2 Å². The number of hydrogen-bond acceptors (Lipinski definition) is 3. The van der Waals surface area contributed by atoms with Crippen LogP contribution < -0.4 is 9.47 Å². The van der Waals surface area contributed by atoms with E-state index in [0.717, 1.165) is 5.75 Å². The fraction of sp³-hybridized carbons (Fsp3) is 0.0714. The summed E-state index contributed by atoms with van der Waals surface area (Å²) in [6.45, 7) is 0.129. The van der Waals surface area contributed by atoms with Crippen LogP contribution in [0.5, 0.6) is 17.2 Å². The van der Waals surface area contributed by atoms with Gasteiger partial charge in [-0.1, -0.05) is 18.2 Å². The summed E-state index contributed by atoms with van der Waals surface area (Å²) in [5.41, 5.74) is 0.596. The first-order valence-corrected chi connectivity index (χ1v) is 5.36. The van der Waals surface area contributed by atoms with Gasteiger partial charge in [0.05, 0.1) is 5.56 Å². The molecule has 0 saturated heterocycles. The molecule has 0 saturated carbocycles. The maximum Gasteiger partial charge on any atom is 0.204 e. The molecule has 1 aliphatic rings. The van der Waals surface area contributed by atoms with Gasteiger partial charge in [0, 0.05) is 0 Å². The Morgan fingerprint density at radius 1 is 1.00 bits per heavy atom. The van der Waals surface area contributed by atoms with Crippen LogP contribution >= 0.6 is 0 Å². The summed E-state index contributed by atoms with van der Waals surface area (Å²) in [5.74, 6) is 2.03. The second kappa shape index (κ2) is 3.94. The van der Waals surface area contributed by atoms with E-state index in [1.54, 1.807) is 18.2 Å². The van der Waals surface area contributed by atoms with Crippen molar-refractivity contribution in [3.8, 4) is 17.2 Å². The van der Waals surface area contributed by atoms with E-state index in [9.17, 15) is 4.79 Å². The van der Waals surface area contributed by atoms with Gasteiger partial charge in [0.15, 0.2) is 6.61 Å². The Balaban J connectivity index is 1.90. The summed E-state index contributed by atoms with van der Waals surface area (Å²) >= 11 is 0. The molecule has 1 aliphatic heterocycles. The van der Waals surface area contributed by atoms with E-state index < -0.39 is 0 Å². The third-order valence-corrected chi connectivity index (χ3v) is 2.59. The molecule has 0 amide bonds. The van der Waals surface area contributed by atoms with Crippen LogP contribution in [0.2, 0.25) is 0 Å². The summed E-state index contributed by atoms with van der Waals surface area (Å²) in [6, 6.07) is 14.7. The monoisotopic (exact) mass is 226 g/mol. The van der Waals surface area contributed by atoms with Gasteiger partial charge in [-0.15, -0.1) is 0 Å². The van der Waals surface area contributed by atoms with E-state index >= 15 is 0 Å². The van der Waals surface area contributed by atoms with Crippen LogP contribution in [0.3, 0.4) is 0 Å². The molecule has 0 radical (unpaired) electrons. The van der Waals surface area contributed by atoms with Gasteiger partial charge < -0.3 is 9.47 Å². The minimum atomic E-state index is -0.00138. The Hall–Kier alpha value is -2.29. The van der Waals surface area contributed by atoms with Crippen molar-refractivity contribution in [2.75, 3.05) is 6.61 Å². The van der Waals surface area contributed by atoms with Gasteiger partial charge in [-0.25, -0.2) is 0 Å². The zero-order chi connectivity index (χ0) is 11.7. The van der Waals surface area contributed by atoms with Crippen molar-refractivity contribution < 1.29 is 14.3 Å². The molecule has 2 aromatic carbocycles. The Morgan fingerprint density at radius 3 is 2.65 bits per heavy atom. The number of fused-ring (bicyclic) bond motifs is 1. The second-order valence-electron chi connectivity index (χ2n) is 3.78. The highest BCUT2D eigenvalue weighted by atomic mass is 16.5. The van der Waals surface area contributed by atoms with E-state index in [1.165, 1.54) is 0 Å². The van der Waals surface area contributed by atoms with Crippen molar-refractivity contribution in [1.29, 1.82) is 0 Å². The number of para-hydroxylation sites is 1. The highest BCUT2D eigenvalue weighted by Crippen LogP contribution is 2.31. The summed E-state index contributed by atoms with van der Waals surface area (Å²) in [6.07, 6.45) is 0. The number of carbonyl (C=O) groups excluding carboxylic acids is 1. The average Bonchev–Trinajstić information content (AvgIpc) is 2.73. The summed E-state index contributed by atoms with van der Waals surface area (Å²) < 4.78 is 10.9. The Labute approximate surface area is 98.6 Å². The van der Waals surface area contributed by atoms with E-state index in [-0.39, 0.29) is 12.4 Å². The van der Waals surface area contributed by atoms with Crippen molar-refractivity contribution in [1.82, 2.24) is 0 Å². The molecule has 0 bridgehead atoms. The highest BCUT2D eigenvalue weighted by molar-refractivity contribution is 6.02. The third kappa shape index (κ3) is 1.87. The molecule has 3 nitrogen and oxygen atoms in total. The van der Waals surface area contributed by atoms with E-state index in [0.29, 0.717) is 17.1 Å². The van der Waals surface area contributed by atoms with Gasteiger partial charge in [-0.2, -0.15) is 0 Å². The molecule has 0 aliphatic carbocycles. The lowest BCUT2D eigenvalue weighted by Gasteiger charge is -2.06. The zero-order valence-electron chi connectivity index (χ0n) is 9.05. The fourth-order valence-corrected chi connectivity index (χ4v) is 1.76. The molecule has 2 aromatic rings. The first-order valence-electron chi connectivity index (χ1n) is 5.36. The van der Waals surface area contributed by atoms with Crippen LogP contribution in [-0.4, -0.2) is 12.4 Å². The predicted octanol–water partition coefficient (Wildman–Crippen LogP) is 3.05. The van der Waals surface area contributed by atoms with Gasteiger partial charge in [0.25, 0.3) is 0 Å². The van der Waals surface area contributed by atoms with Crippen LogP contribution in [0.25, 0.3) is 0 Å². The average molecular weight is 226 g/mol. The van der Waals surface area contributed by atoms with E-state index in [1.807, 2.05) is 30.3 Å². The quantitative estimate of drug-likeness (QED) is 0.789. The van der Waals surface area contributed by atoms with Crippen LogP contribution in [0.15, 0.2) is 48.5 Å². The van der Waals surface area contributed by atoms with Crippen LogP contribution in [0, 0.1) is 0 Å². The lowest BCUT2D eigenvalue weighted by molar-refractivity contribution is 0.0961. The maximum absolute atomic E-state index is 11.5. The number of ether oxygens (including phenoxy) is 2. The second-order valence-corrected chi connectivity index (χ2v) is 3.78. The minimum Gasteiger partial charge on any atom is -0.485 e. The highest BCUT2D eigenvalue weighted by Gasteiger charge is 2.21. The largest absolute Gasteiger partial charge is 0.485 e. The number of hydrogen-bond donors (Lipinski definition) is 0. The molecule has 0 spiro atoms. The molecule has 3 rings (SSSR count). The van der Waals surface area contributed by atoms with E-state index in [4.69, 9.17) is 9.47 Å². The summed E-state index contributed by atoms with van der Waals surface area (Å²) in [7, 11) is 0. The topological polar surface area (TPSA) is 35.5 Å². The van der Waals surface area contributed by atoms with Gasteiger partial charge in [-0.3, -0.25) is 4.79 Å². The number of carbonyl (C=O) groups is 1. The van der Waals surface area contributed by atoms with Crippen molar-refractivity contribution >= 4 is 5.78 Å². The molecular weight excluding hydrogens is 216 g/mol. The van der Waals surface area contributed by atoms with Crippen molar-refractivity contribution in [3.05, 3.63) is 54.1 Å². The minimum absolute atomic E-state index is 0.00138. The molecule has 17 heavy (non-hydrogen) atoms. The maximum atomic E-state index is 11.5. The van der Waals surface area contributed by atoms with Crippen molar-refractivity contribution in [2.24, 2.45) is 0 Å². The van der Waals surface area contributed by atoms with Gasteiger partial charge in [-0.05, 0) is 30.3 Å². The number of Topliss-reactive ketones (excluding diaryl/α,β-unsaturated/α-hetero) is 1. The molecule has 84 valence electrons. The molecule has 0 N–H and O–H groups in total. The number of rotatable bonds is 2. The number of benzene rings is 2. The first-order chi connectivity index (χ1) is 8.33. The van der Waals surface area contributed by atoms with Crippen molar-refractivity contribution in [3.63, 3.8) is 0 Å². The molecule has 0 aromatic heterocycles. The molecule has 3 heteroatoms. The normalized spacial score (nSPS) is 13.1. The first kappa shape index (κ1) is 9.90. The summed E-state index contributed by atoms with van der Waals surface area (Å²) in [4.78, 5) is 11.5. The standard InChI is InChI=1S/C14H10O3/c15-13-9-16-14-7-6-11(8-12(13)14)17-10-4-2-1-3-5-10/h1-8H,9H2. The van der Waals surface area contributed by atoms with Crippen LogP contribution in [-0.2, 0) is 0 Å².